The molecule has 0 spiro atoms. The van der Waals surface area contributed by atoms with E-state index in [1.807, 2.05) is 6.07 Å². The van der Waals surface area contributed by atoms with Gasteiger partial charge in [0.15, 0.2) is 12.3 Å². The number of nitrogens with zero attached hydrogens (tertiary/aromatic N) is 2. The van der Waals surface area contributed by atoms with E-state index in [0.29, 0.717) is 22.6 Å². The Morgan fingerprint density at radius 3 is 2.88 bits per heavy atom. The largest absolute Gasteiger partial charge is 0.481 e. The lowest BCUT2D eigenvalue weighted by molar-refractivity contribution is -0.139. The summed E-state index contributed by atoms with van der Waals surface area (Å²) in [5, 5.41) is 19.4. The van der Waals surface area contributed by atoms with Crippen LogP contribution >= 0.6 is 15.9 Å². The maximum Gasteiger partial charge on any atom is 0.341 e. The number of rotatable bonds is 5. The van der Waals surface area contributed by atoms with Crippen LogP contribution < -0.4 is 10.1 Å². The van der Waals surface area contributed by atoms with Gasteiger partial charge in [-0.2, -0.15) is 5.10 Å². The van der Waals surface area contributed by atoms with Crippen LogP contribution in [0, 0.1) is 0 Å². The Hall–Kier alpha value is -3.00. The van der Waals surface area contributed by atoms with E-state index in [4.69, 9.17) is 9.84 Å². The minimum absolute atomic E-state index is 0.205. The fourth-order valence-corrected chi connectivity index (χ4v) is 2.59. The molecule has 8 heteroatoms. The zero-order valence-corrected chi connectivity index (χ0v) is 14.4. The Balaban J connectivity index is 1.84. The summed E-state index contributed by atoms with van der Waals surface area (Å²) in [6.07, 6.45) is 1.41. The topological polar surface area (TPSA) is 100 Å². The Morgan fingerprint density at radius 1 is 1.28 bits per heavy atom. The first kappa shape index (κ1) is 16.8. The van der Waals surface area contributed by atoms with Gasteiger partial charge in [0.1, 0.15) is 5.75 Å². The third-order valence-corrected chi connectivity index (χ3v) is 3.82. The molecule has 3 rings (SSSR count). The summed E-state index contributed by atoms with van der Waals surface area (Å²) in [7, 11) is 0. The zero-order valence-electron chi connectivity index (χ0n) is 12.8. The molecular formula is C17H12BrN3O4. The van der Waals surface area contributed by atoms with Crippen molar-refractivity contribution in [3.05, 3.63) is 58.1 Å². The number of benzene rings is 2. The van der Waals surface area contributed by atoms with Gasteiger partial charge < -0.3 is 15.2 Å². The van der Waals surface area contributed by atoms with Crippen molar-refractivity contribution in [3.8, 4) is 5.75 Å². The average Bonchev–Trinajstić information content (AvgIpc) is 2.89. The summed E-state index contributed by atoms with van der Waals surface area (Å²) in [4.78, 5) is 22.6. The Kier molecular flexibility index (Phi) is 4.90. The highest BCUT2D eigenvalue weighted by atomic mass is 79.9. The molecule has 0 saturated heterocycles. The lowest BCUT2D eigenvalue weighted by atomic mass is 10.1. The van der Waals surface area contributed by atoms with Crippen LogP contribution in [-0.4, -0.2) is 35.5 Å². The van der Waals surface area contributed by atoms with Gasteiger partial charge in [0.05, 0.1) is 11.9 Å². The van der Waals surface area contributed by atoms with Crippen LogP contribution in [0.15, 0.2) is 57.1 Å². The van der Waals surface area contributed by atoms with E-state index in [2.05, 4.69) is 31.4 Å². The Labute approximate surface area is 151 Å². The summed E-state index contributed by atoms with van der Waals surface area (Å²) in [6.45, 7) is -0.455. The van der Waals surface area contributed by atoms with Crippen LogP contribution in [0.5, 0.6) is 5.75 Å². The van der Waals surface area contributed by atoms with E-state index >= 15 is 0 Å². The van der Waals surface area contributed by atoms with Crippen LogP contribution in [0.1, 0.15) is 11.1 Å². The van der Waals surface area contributed by atoms with Gasteiger partial charge >= 0.3 is 5.97 Å². The average molecular weight is 402 g/mol. The second-order valence-electron chi connectivity index (χ2n) is 5.06. The van der Waals surface area contributed by atoms with Gasteiger partial charge in [0.25, 0.3) is 5.91 Å². The molecule has 0 saturated carbocycles. The number of fused-ring (bicyclic) bond motifs is 1. The van der Waals surface area contributed by atoms with Crippen LogP contribution in [0.25, 0.3) is 0 Å². The third kappa shape index (κ3) is 3.92. The number of carboxylic acids is 1. The lowest BCUT2D eigenvalue weighted by Crippen LogP contribution is -2.13. The van der Waals surface area contributed by atoms with Gasteiger partial charge in [0.2, 0.25) is 0 Å². The number of carboxylic acid groups (broad SMARTS) is 1. The molecule has 0 bridgehead atoms. The lowest BCUT2D eigenvalue weighted by Gasteiger charge is -2.05. The van der Waals surface area contributed by atoms with Gasteiger partial charge in [-0.3, -0.25) is 4.79 Å². The van der Waals surface area contributed by atoms with Crippen LogP contribution in [0.2, 0.25) is 0 Å². The monoisotopic (exact) mass is 401 g/mol. The summed E-state index contributed by atoms with van der Waals surface area (Å²) in [5.74, 6) is -1.04. The van der Waals surface area contributed by atoms with Crippen molar-refractivity contribution in [2.45, 2.75) is 0 Å². The van der Waals surface area contributed by atoms with Gasteiger partial charge in [-0.15, -0.1) is 5.10 Å². The summed E-state index contributed by atoms with van der Waals surface area (Å²) in [6, 6.07) is 12.2. The summed E-state index contributed by atoms with van der Waals surface area (Å²) in [5.41, 5.74) is 2.09. The number of nitrogens with one attached hydrogen (secondary N) is 1. The predicted molar refractivity (Wildman–Crippen MR) is 96.5 cm³/mol. The molecule has 0 fully saturated rings. The van der Waals surface area contributed by atoms with E-state index in [-0.39, 0.29) is 11.6 Å². The van der Waals surface area contributed by atoms with Crippen LogP contribution in [-0.2, 0) is 9.59 Å². The van der Waals surface area contributed by atoms with Crippen molar-refractivity contribution >= 4 is 45.4 Å². The number of halogens is 1. The molecule has 2 N–H and O–H groups in total. The zero-order chi connectivity index (χ0) is 17.8. The number of amides is 1. The first-order valence-electron chi connectivity index (χ1n) is 7.20. The molecule has 1 heterocycles. The molecule has 0 aromatic heterocycles. The van der Waals surface area contributed by atoms with Crippen LogP contribution in [0.3, 0.4) is 0 Å². The molecule has 0 unspecified atom stereocenters. The van der Waals surface area contributed by atoms with E-state index in [0.717, 1.165) is 4.47 Å². The van der Waals surface area contributed by atoms with Crippen molar-refractivity contribution in [2.75, 3.05) is 11.9 Å². The number of hydrogen-bond donors (Lipinski definition) is 2. The smallest absolute Gasteiger partial charge is 0.341 e. The number of carbonyl (C=O) groups is 2. The number of anilines is 1. The highest BCUT2D eigenvalue weighted by Crippen LogP contribution is 2.27. The molecule has 1 amide bonds. The second kappa shape index (κ2) is 7.27. The fraction of sp³-hybridized carbons (Fsp3) is 0.0588. The highest BCUT2D eigenvalue weighted by molar-refractivity contribution is 9.10. The van der Waals surface area contributed by atoms with E-state index in [1.165, 1.54) is 6.21 Å². The highest BCUT2D eigenvalue weighted by Gasteiger charge is 2.26. The molecule has 0 atom stereocenters. The van der Waals surface area contributed by atoms with Crippen molar-refractivity contribution < 1.29 is 19.4 Å². The molecule has 126 valence electrons. The number of aliphatic carboxylic acids is 1. The SMILES string of the molecule is O=C(O)COc1ccccc1C=N/N=C1/C(=O)Nc2ccc(Br)cc21. The molecule has 1 aliphatic heterocycles. The predicted octanol–water partition coefficient (Wildman–Crippen LogP) is 2.69. The second-order valence-corrected chi connectivity index (χ2v) is 5.97. The van der Waals surface area contributed by atoms with Gasteiger partial charge in [-0.1, -0.05) is 28.1 Å². The molecule has 7 nitrogen and oxygen atoms in total. The fourth-order valence-electron chi connectivity index (χ4n) is 2.23. The molecule has 2 aromatic carbocycles. The van der Waals surface area contributed by atoms with Gasteiger partial charge in [0, 0.05) is 15.6 Å². The quantitative estimate of drug-likeness (QED) is 0.593. The van der Waals surface area contributed by atoms with Gasteiger partial charge in [-0.05, 0) is 30.3 Å². The summed E-state index contributed by atoms with van der Waals surface area (Å²) >= 11 is 3.36. The van der Waals surface area contributed by atoms with Crippen molar-refractivity contribution in [2.24, 2.45) is 10.2 Å². The first-order valence-corrected chi connectivity index (χ1v) is 8.00. The van der Waals surface area contributed by atoms with Crippen molar-refractivity contribution in [1.29, 1.82) is 0 Å². The van der Waals surface area contributed by atoms with Gasteiger partial charge in [-0.25, -0.2) is 4.79 Å². The maximum absolute atomic E-state index is 12.0. The molecule has 1 aliphatic rings. The number of carbonyl (C=O) groups excluding carboxylic acids is 1. The molecule has 25 heavy (non-hydrogen) atoms. The van der Waals surface area contributed by atoms with E-state index in [9.17, 15) is 9.59 Å². The van der Waals surface area contributed by atoms with Crippen LogP contribution in [0.4, 0.5) is 5.69 Å². The van der Waals surface area contributed by atoms with Crippen molar-refractivity contribution in [1.82, 2.24) is 0 Å². The molecular weight excluding hydrogens is 390 g/mol. The number of hydrogen-bond acceptors (Lipinski definition) is 5. The van der Waals surface area contributed by atoms with E-state index < -0.39 is 12.6 Å². The molecule has 2 aromatic rings. The standard InChI is InChI=1S/C17H12BrN3O4/c18-11-5-6-13-12(7-11)16(17(24)20-13)21-19-8-10-3-1-2-4-14(10)25-9-15(22)23/h1-8H,9H2,(H,22,23)(H,20,21,24). The minimum atomic E-state index is -1.07. The maximum atomic E-state index is 12.0. The minimum Gasteiger partial charge on any atom is -0.481 e. The number of ether oxygens (including phenoxy) is 1. The van der Waals surface area contributed by atoms with Crippen molar-refractivity contribution in [3.63, 3.8) is 0 Å². The first-order chi connectivity index (χ1) is 12.0. The summed E-state index contributed by atoms with van der Waals surface area (Å²) < 4.78 is 6.02. The molecule has 0 aliphatic carbocycles. The normalized spacial score (nSPS) is 14.6. The number of para-hydroxylation sites is 1. The Bertz CT molecular complexity index is 909. The third-order valence-electron chi connectivity index (χ3n) is 3.32. The van der Waals surface area contributed by atoms with E-state index in [1.54, 1.807) is 36.4 Å². The molecule has 0 radical (unpaired) electrons. The Morgan fingerprint density at radius 2 is 2.08 bits per heavy atom.